The molecule has 2 aromatic carbocycles. The summed E-state index contributed by atoms with van der Waals surface area (Å²) in [5, 5.41) is 3.21. The molecular weight excluding hydrogens is 468 g/mol. The van der Waals surface area contributed by atoms with Crippen molar-refractivity contribution in [2.75, 3.05) is 49.3 Å². The van der Waals surface area contributed by atoms with E-state index in [0.29, 0.717) is 58.7 Å². The Hall–Kier alpha value is -2.95. The van der Waals surface area contributed by atoms with Gasteiger partial charge in [-0.1, -0.05) is 11.6 Å². The summed E-state index contributed by atoms with van der Waals surface area (Å²) in [4.78, 5) is 41.2. The van der Waals surface area contributed by atoms with E-state index in [9.17, 15) is 14.4 Å². The molecule has 2 fully saturated rings. The maximum absolute atomic E-state index is 12.6. The van der Waals surface area contributed by atoms with Crippen molar-refractivity contribution in [1.82, 2.24) is 5.32 Å². The van der Waals surface area contributed by atoms with Gasteiger partial charge in [-0.3, -0.25) is 14.5 Å². The summed E-state index contributed by atoms with van der Waals surface area (Å²) in [7, 11) is 0. The molecule has 4 rings (SSSR count). The summed E-state index contributed by atoms with van der Waals surface area (Å²) in [6, 6.07) is 9.41. The predicted octanol–water partition coefficient (Wildman–Crippen LogP) is 2.32. The molecule has 2 heterocycles. The molecule has 2 aliphatic heterocycles. The van der Waals surface area contributed by atoms with Crippen LogP contribution >= 0.6 is 24.2 Å². The number of benzene rings is 2. The van der Waals surface area contributed by atoms with Gasteiger partial charge in [0.1, 0.15) is 6.61 Å². The predicted molar refractivity (Wildman–Crippen MR) is 127 cm³/mol. The van der Waals surface area contributed by atoms with Crippen molar-refractivity contribution < 1.29 is 23.9 Å². The van der Waals surface area contributed by atoms with Crippen molar-refractivity contribution in [3.8, 4) is 0 Å². The zero-order valence-electron chi connectivity index (χ0n) is 17.6. The van der Waals surface area contributed by atoms with Crippen LogP contribution in [0.15, 0.2) is 41.3 Å². The van der Waals surface area contributed by atoms with E-state index >= 15 is 0 Å². The number of rotatable bonds is 6. The average molecular weight is 491 g/mol. The Balaban J connectivity index is 1.53. The summed E-state index contributed by atoms with van der Waals surface area (Å²) in [6.07, 6.45) is -0.568. The fourth-order valence-corrected chi connectivity index (χ4v) is 4.29. The lowest BCUT2D eigenvalue weighted by atomic mass is 10.1. The van der Waals surface area contributed by atoms with Gasteiger partial charge in [-0.25, -0.2) is 4.79 Å². The minimum Gasteiger partial charge on any atom is -0.447 e. The molecule has 2 aliphatic rings. The summed E-state index contributed by atoms with van der Waals surface area (Å²) < 4.78 is 10.6. The number of hydrogen-bond donors (Lipinski definition) is 3. The molecule has 0 saturated carbocycles. The van der Waals surface area contributed by atoms with Gasteiger partial charge in [0, 0.05) is 40.9 Å². The van der Waals surface area contributed by atoms with Crippen LogP contribution in [-0.2, 0) is 9.47 Å². The highest BCUT2D eigenvalue weighted by molar-refractivity contribution is 7.80. The van der Waals surface area contributed by atoms with Crippen molar-refractivity contribution in [3.05, 3.63) is 52.5 Å². The number of ether oxygens (including phenoxy) is 2. The number of cyclic esters (lactones) is 1. The summed E-state index contributed by atoms with van der Waals surface area (Å²) in [5.41, 5.74) is 7.42. The number of carbonyl (C=O) groups is 3. The van der Waals surface area contributed by atoms with Crippen LogP contribution in [-0.4, -0.2) is 63.4 Å². The quantitative estimate of drug-likeness (QED) is 0.535. The zero-order chi connectivity index (χ0) is 23.5. The molecule has 11 heteroatoms. The van der Waals surface area contributed by atoms with Crippen molar-refractivity contribution in [2.24, 2.45) is 5.73 Å². The third-order valence-corrected chi connectivity index (χ3v) is 6.16. The van der Waals surface area contributed by atoms with Crippen LogP contribution in [0.3, 0.4) is 0 Å². The second kappa shape index (κ2) is 9.90. The highest BCUT2D eigenvalue weighted by Gasteiger charge is 2.35. The number of nitrogens with two attached hydrogens (primary N) is 1. The number of amides is 3. The highest BCUT2D eigenvalue weighted by Crippen LogP contribution is 2.30. The van der Waals surface area contributed by atoms with E-state index in [2.05, 4.69) is 17.9 Å². The second-order valence-corrected chi connectivity index (χ2v) is 8.56. The molecule has 0 aliphatic carbocycles. The SMILES string of the molecule is NC(=O)c1cc(N2C(=O)OCC2CNC(=O)c2cc(Cl)ccc2S)ccc1N1CCOCC1. The van der Waals surface area contributed by atoms with Gasteiger partial charge < -0.3 is 25.4 Å². The van der Waals surface area contributed by atoms with Crippen molar-refractivity contribution in [3.63, 3.8) is 0 Å². The second-order valence-electron chi connectivity index (χ2n) is 7.64. The normalized spacial score (nSPS) is 18.2. The third-order valence-electron chi connectivity index (χ3n) is 5.54. The number of hydrogen-bond acceptors (Lipinski definition) is 7. The average Bonchev–Trinajstić information content (AvgIpc) is 3.19. The van der Waals surface area contributed by atoms with E-state index in [0.717, 1.165) is 0 Å². The smallest absolute Gasteiger partial charge is 0.414 e. The standard InChI is InChI=1S/C22H23ClN4O5S/c23-13-1-4-19(33)17(9-13)21(29)25-11-15-12-32-22(30)27(15)14-2-3-18(16(10-14)20(24)28)26-5-7-31-8-6-26/h1-4,9-10,15,33H,5-8,11-12H2,(H2,24,28)(H,25,29). The molecule has 0 aromatic heterocycles. The maximum Gasteiger partial charge on any atom is 0.414 e. The van der Waals surface area contributed by atoms with Gasteiger partial charge >= 0.3 is 6.09 Å². The number of thiol groups is 1. The summed E-state index contributed by atoms with van der Waals surface area (Å²) in [5.74, 6) is -0.972. The number of morpholine rings is 1. The monoisotopic (exact) mass is 490 g/mol. The minimum atomic E-state index is -0.599. The number of primary amides is 1. The first-order chi connectivity index (χ1) is 15.8. The van der Waals surface area contributed by atoms with Gasteiger partial charge in [0.05, 0.1) is 30.4 Å². The van der Waals surface area contributed by atoms with Gasteiger partial charge in [0.25, 0.3) is 11.8 Å². The molecule has 0 radical (unpaired) electrons. The number of anilines is 2. The van der Waals surface area contributed by atoms with E-state index in [4.69, 9.17) is 26.8 Å². The first-order valence-corrected chi connectivity index (χ1v) is 11.2. The van der Waals surface area contributed by atoms with Crippen molar-refractivity contribution in [2.45, 2.75) is 10.9 Å². The lowest BCUT2D eigenvalue weighted by Crippen LogP contribution is -2.43. The van der Waals surface area contributed by atoms with E-state index < -0.39 is 18.0 Å². The lowest BCUT2D eigenvalue weighted by Gasteiger charge is -2.31. The van der Waals surface area contributed by atoms with E-state index in [1.807, 2.05) is 4.90 Å². The fourth-order valence-electron chi connectivity index (χ4n) is 3.87. The van der Waals surface area contributed by atoms with E-state index in [1.54, 1.807) is 30.3 Å². The van der Waals surface area contributed by atoms with Crippen LogP contribution in [0.5, 0.6) is 0 Å². The maximum atomic E-state index is 12.6. The molecule has 2 aromatic rings. The molecular formula is C22H23ClN4O5S. The molecule has 1 unspecified atom stereocenters. The first kappa shape index (κ1) is 23.2. The summed E-state index contributed by atoms with van der Waals surface area (Å²) in [6.45, 7) is 2.59. The van der Waals surface area contributed by atoms with Gasteiger partial charge in [0.15, 0.2) is 0 Å². The molecule has 0 bridgehead atoms. The number of carbonyl (C=O) groups excluding carboxylic acids is 3. The van der Waals surface area contributed by atoms with Crippen LogP contribution in [0.1, 0.15) is 20.7 Å². The largest absolute Gasteiger partial charge is 0.447 e. The number of nitrogens with zero attached hydrogens (tertiary/aromatic N) is 2. The molecule has 3 N–H and O–H groups in total. The molecule has 1 atom stereocenters. The highest BCUT2D eigenvalue weighted by atomic mass is 35.5. The molecule has 174 valence electrons. The van der Waals surface area contributed by atoms with Gasteiger partial charge in [-0.15, -0.1) is 12.6 Å². The number of nitrogens with one attached hydrogen (secondary N) is 1. The molecule has 9 nitrogen and oxygen atoms in total. The Kier molecular flexibility index (Phi) is 6.96. The number of halogens is 1. The van der Waals surface area contributed by atoms with Crippen LogP contribution in [0.4, 0.5) is 16.2 Å². The Labute approximate surface area is 201 Å². The van der Waals surface area contributed by atoms with Gasteiger partial charge in [-0.2, -0.15) is 0 Å². The topological polar surface area (TPSA) is 114 Å². The van der Waals surface area contributed by atoms with Crippen molar-refractivity contribution in [1.29, 1.82) is 0 Å². The molecule has 2 saturated heterocycles. The zero-order valence-corrected chi connectivity index (χ0v) is 19.3. The van der Waals surface area contributed by atoms with Crippen molar-refractivity contribution >= 4 is 53.5 Å². The van der Waals surface area contributed by atoms with Crippen LogP contribution < -0.4 is 20.9 Å². The van der Waals surface area contributed by atoms with E-state index in [-0.39, 0.29) is 19.1 Å². The minimum absolute atomic E-state index is 0.0828. The van der Waals surface area contributed by atoms with Crippen LogP contribution in [0.2, 0.25) is 5.02 Å². The van der Waals surface area contributed by atoms with E-state index in [1.165, 1.54) is 11.0 Å². The first-order valence-electron chi connectivity index (χ1n) is 10.3. The van der Waals surface area contributed by atoms with Gasteiger partial charge in [-0.05, 0) is 36.4 Å². The van der Waals surface area contributed by atoms with Crippen LogP contribution in [0, 0.1) is 0 Å². The van der Waals surface area contributed by atoms with Gasteiger partial charge in [0.2, 0.25) is 0 Å². The Bertz CT molecular complexity index is 1090. The lowest BCUT2D eigenvalue weighted by molar-refractivity contribution is 0.0946. The Morgan fingerprint density at radius 1 is 1.15 bits per heavy atom. The summed E-state index contributed by atoms with van der Waals surface area (Å²) >= 11 is 10.3. The third kappa shape index (κ3) is 5.02. The van der Waals surface area contributed by atoms with Crippen LogP contribution in [0.25, 0.3) is 0 Å². The molecule has 3 amide bonds. The fraction of sp³-hybridized carbons (Fsp3) is 0.318. The Morgan fingerprint density at radius 2 is 1.91 bits per heavy atom. The molecule has 33 heavy (non-hydrogen) atoms. The Morgan fingerprint density at radius 3 is 2.64 bits per heavy atom. The molecule has 0 spiro atoms.